The topological polar surface area (TPSA) is 6.48 Å². The maximum absolute atomic E-state index is 2.25. The van der Waals surface area contributed by atoms with Crippen LogP contribution in [0.2, 0.25) is 0 Å². The van der Waals surface area contributed by atoms with Gasteiger partial charge in [0.15, 0.2) is 0 Å². The molecule has 0 aliphatic carbocycles. The smallest absolute Gasteiger partial charge is 0.0890 e. The SMILES string of the molecule is CCN1C=CN(C)C1.I.I.I. The van der Waals surface area contributed by atoms with E-state index in [0.717, 1.165) is 13.2 Å². The van der Waals surface area contributed by atoms with Gasteiger partial charge in [0.2, 0.25) is 0 Å². The number of halogens is 3. The lowest BCUT2D eigenvalue weighted by molar-refractivity contribution is 0.308. The molecule has 11 heavy (non-hydrogen) atoms. The van der Waals surface area contributed by atoms with E-state index in [2.05, 4.69) is 36.2 Å². The molecular formula is C6H15I3N2. The first-order chi connectivity index (χ1) is 3.83. The number of nitrogens with zero attached hydrogens (tertiary/aromatic N) is 2. The standard InChI is InChI=1S/C6H12N2.3HI/c1-3-8-5-4-7(2)6-8;;;/h4-5H,3,6H2,1-2H3;3*1H. The third-order valence-corrected chi connectivity index (χ3v) is 1.34. The molecule has 1 heterocycles. The van der Waals surface area contributed by atoms with Crippen LogP contribution in [0, 0.1) is 0 Å². The quantitative estimate of drug-likeness (QED) is 0.516. The van der Waals surface area contributed by atoms with Crippen LogP contribution < -0.4 is 0 Å². The average Bonchev–Trinajstić information content (AvgIpc) is 2.14. The molecule has 0 aromatic heterocycles. The first-order valence-electron chi connectivity index (χ1n) is 2.95. The van der Waals surface area contributed by atoms with E-state index in [0.29, 0.717) is 0 Å². The van der Waals surface area contributed by atoms with Crippen LogP contribution in [-0.2, 0) is 0 Å². The molecule has 0 atom stereocenters. The minimum absolute atomic E-state index is 0. The zero-order chi connectivity index (χ0) is 5.98. The lowest BCUT2D eigenvalue weighted by atomic mass is 10.6. The Balaban J connectivity index is -0.000000213. The van der Waals surface area contributed by atoms with Crippen molar-refractivity contribution < 1.29 is 0 Å². The van der Waals surface area contributed by atoms with Gasteiger partial charge in [0, 0.05) is 26.0 Å². The van der Waals surface area contributed by atoms with Crippen LogP contribution in [0.15, 0.2) is 12.4 Å². The van der Waals surface area contributed by atoms with Crippen molar-refractivity contribution in [2.45, 2.75) is 6.92 Å². The fraction of sp³-hybridized carbons (Fsp3) is 0.667. The third kappa shape index (κ3) is 6.67. The van der Waals surface area contributed by atoms with E-state index in [9.17, 15) is 0 Å². The fourth-order valence-corrected chi connectivity index (χ4v) is 0.794. The van der Waals surface area contributed by atoms with Crippen molar-refractivity contribution in [2.75, 3.05) is 20.3 Å². The van der Waals surface area contributed by atoms with E-state index in [4.69, 9.17) is 0 Å². The highest BCUT2D eigenvalue weighted by Gasteiger charge is 2.03. The van der Waals surface area contributed by atoms with Gasteiger partial charge in [-0.15, -0.1) is 71.9 Å². The first-order valence-corrected chi connectivity index (χ1v) is 2.95. The Hall–Kier alpha value is 1.53. The largest absolute Gasteiger partial charge is 0.362 e. The van der Waals surface area contributed by atoms with Gasteiger partial charge in [-0.1, -0.05) is 0 Å². The van der Waals surface area contributed by atoms with Gasteiger partial charge in [-0.05, 0) is 6.92 Å². The summed E-state index contributed by atoms with van der Waals surface area (Å²) in [5, 5.41) is 0. The molecule has 0 bridgehead atoms. The van der Waals surface area contributed by atoms with Gasteiger partial charge >= 0.3 is 0 Å². The first kappa shape index (κ1) is 18.3. The maximum Gasteiger partial charge on any atom is 0.0890 e. The molecule has 0 N–H and O–H groups in total. The molecule has 0 spiro atoms. The molecule has 70 valence electrons. The summed E-state index contributed by atoms with van der Waals surface area (Å²) in [6, 6.07) is 0. The fourth-order valence-electron chi connectivity index (χ4n) is 0.794. The summed E-state index contributed by atoms with van der Waals surface area (Å²) in [5.74, 6) is 0. The normalized spacial score (nSPS) is 13.3. The second-order valence-electron chi connectivity index (χ2n) is 2.10. The van der Waals surface area contributed by atoms with Crippen LogP contribution in [-0.4, -0.2) is 30.1 Å². The molecule has 0 fully saturated rings. The van der Waals surface area contributed by atoms with E-state index < -0.39 is 0 Å². The average molecular weight is 496 g/mol. The van der Waals surface area contributed by atoms with E-state index >= 15 is 0 Å². The van der Waals surface area contributed by atoms with Gasteiger partial charge in [-0.3, -0.25) is 0 Å². The molecule has 0 radical (unpaired) electrons. The Labute approximate surface area is 120 Å². The van der Waals surface area contributed by atoms with Crippen molar-refractivity contribution in [3.8, 4) is 0 Å². The second-order valence-corrected chi connectivity index (χ2v) is 2.10. The number of hydrogen-bond donors (Lipinski definition) is 0. The zero-order valence-corrected chi connectivity index (χ0v) is 13.7. The predicted molar refractivity (Wildman–Crippen MR) is 80.4 cm³/mol. The van der Waals surface area contributed by atoms with Gasteiger partial charge in [0.25, 0.3) is 0 Å². The van der Waals surface area contributed by atoms with E-state index in [1.807, 2.05) is 0 Å². The highest BCUT2D eigenvalue weighted by Crippen LogP contribution is 2.00. The molecule has 0 aromatic carbocycles. The molecule has 0 amide bonds. The second kappa shape index (κ2) is 9.62. The molecule has 5 heteroatoms. The molecule has 1 aliphatic rings. The molecule has 1 aliphatic heterocycles. The molecule has 0 saturated heterocycles. The Kier molecular flexibility index (Phi) is 16.0. The highest BCUT2D eigenvalue weighted by atomic mass is 127. The van der Waals surface area contributed by atoms with Crippen molar-refractivity contribution in [3.05, 3.63) is 12.4 Å². The summed E-state index contributed by atoms with van der Waals surface area (Å²) in [5.41, 5.74) is 0. The molecule has 0 aromatic rings. The van der Waals surface area contributed by atoms with Gasteiger partial charge in [0.05, 0.1) is 6.67 Å². The molecule has 2 nitrogen and oxygen atoms in total. The lowest BCUT2D eigenvalue weighted by Crippen LogP contribution is -2.21. The van der Waals surface area contributed by atoms with Gasteiger partial charge in [-0.25, -0.2) is 0 Å². The van der Waals surface area contributed by atoms with Crippen molar-refractivity contribution >= 4 is 71.9 Å². The Morgan fingerprint density at radius 3 is 1.91 bits per heavy atom. The summed E-state index contributed by atoms with van der Waals surface area (Å²) in [6.07, 6.45) is 4.20. The Morgan fingerprint density at radius 2 is 1.73 bits per heavy atom. The summed E-state index contributed by atoms with van der Waals surface area (Å²) in [7, 11) is 2.08. The lowest BCUT2D eigenvalue weighted by Gasteiger charge is -2.14. The Morgan fingerprint density at radius 1 is 1.18 bits per heavy atom. The summed E-state index contributed by atoms with van der Waals surface area (Å²) < 4.78 is 0. The van der Waals surface area contributed by atoms with Crippen LogP contribution in [0.25, 0.3) is 0 Å². The van der Waals surface area contributed by atoms with E-state index in [1.54, 1.807) is 0 Å². The van der Waals surface area contributed by atoms with Crippen LogP contribution >= 0.6 is 71.9 Å². The highest BCUT2D eigenvalue weighted by molar-refractivity contribution is 14.0. The summed E-state index contributed by atoms with van der Waals surface area (Å²) >= 11 is 0. The Bertz CT molecular complexity index is 108. The van der Waals surface area contributed by atoms with E-state index in [-0.39, 0.29) is 71.9 Å². The van der Waals surface area contributed by atoms with Gasteiger partial charge in [0.1, 0.15) is 0 Å². The van der Waals surface area contributed by atoms with Crippen LogP contribution in [0.1, 0.15) is 6.92 Å². The van der Waals surface area contributed by atoms with Crippen molar-refractivity contribution in [3.63, 3.8) is 0 Å². The van der Waals surface area contributed by atoms with Crippen molar-refractivity contribution in [2.24, 2.45) is 0 Å². The molecule has 1 rings (SSSR count). The summed E-state index contributed by atoms with van der Waals surface area (Å²) in [4.78, 5) is 4.41. The van der Waals surface area contributed by atoms with E-state index in [1.165, 1.54) is 0 Å². The van der Waals surface area contributed by atoms with Crippen LogP contribution in [0.5, 0.6) is 0 Å². The zero-order valence-electron chi connectivity index (χ0n) is 6.69. The minimum atomic E-state index is 0. The minimum Gasteiger partial charge on any atom is -0.362 e. The molecule has 0 saturated carbocycles. The predicted octanol–water partition coefficient (Wildman–Crippen LogP) is 2.54. The van der Waals surface area contributed by atoms with Gasteiger partial charge < -0.3 is 9.80 Å². The molecular weight excluding hydrogens is 481 g/mol. The molecule has 0 unspecified atom stereocenters. The third-order valence-electron chi connectivity index (χ3n) is 1.34. The van der Waals surface area contributed by atoms with Crippen molar-refractivity contribution in [1.29, 1.82) is 0 Å². The maximum atomic E-state index is 2.25. The van der Waals surface area contributed by atoms with Gasteiger partial charge in [-0.2, -0.15) is 0 Å². The monoisotopic (exact) mass is 496 g/mol. The van der Waals surface area contributed by atoms with Crippen LogP contribution in [0.4, 0.5) is 0 Å². The number of hydrogen-bond acceptors (Lipinski definition) is 2. The summed E-state index contributed by atoms with van der Waals surface area (Å²) in [6.45, 7) is 4.32. The van der Waals surface area contributed by atoms with Crippen LogP contribution in [0.3, 0.4) is 0 Å². The number of rotatable bonds is 1. The van der Waals surface area contributed by atoms with Crippen molar-refractivity contribution in [1.82, 2.24) is 9.80 Å².